The maximum Gasteiger partial charge on any atom is 0.257 e. The summed E-state index contributed by atoms with van der Waals surface area (Å²) in [7, 11) is 0. The molecule has 1 atom stereocenters. The largest absolute Gasteiger partial charge is 0.483 e. The minimum atomic E-state index is -0.107. The van der Waals surface area contributed by atoms with Crippen molar-refractivity contribution in [1.29, 1.82) is 0 Å². The molecule has 0 spiro atoms. The fourth-order valence-electron chi connectivity index (χ4n) is 1.87. The quantitative estimate of drug-likeness (QED) is 0.689. The van der Waals surface area contributed by atoms with Crippen LogP contribution in [0.15, 0.2) is 18.2 Å². The van der Waals surface area contributed by atoms with Crippen LogP contribution < -0.4 is 15.8 Å². The van der Waals surface area contributed by atoms with Gasteiger partial charge in [-0.3, -0.25) is 4.79 Å². The SMILES string of the molecule is CCCCNC(=O)COc1ccc(Cl)cc1CC(N)CC. The molecule has 1 aromatic carbocycles. The predicted octanol–water partition coefficient (Wildman–Crippen LogP) is 2.91. The highest BCUT2D eigenvalue weighted by atomic mass is 35.5. The molecule has 21 heavy (non-hydrogen) atoms. The van der Waals surface area contributed by atoms with E-state index in [4.69, 9.17) is 22.1 Å². The number of unbranched alkanes of at least 4 members (excludes halogenated alkanes) is 1. The highest BCUT2D eigenvalue weighted by Gasteiger charge is 2.10. The number of amides is 1. The molecule has 0 fully saturated rings. The van der Waals surface area contributed by atoms with Gasteiger partial charge in [-0.15, -0.1) is 0 Å². The molecule has 0 bridgehead atoms. The molecule has 1 rings (SSSR count). The van der Waals surface area contributed by atoms with Crippen LogP contribution in [0, 0.1) is 0 Å². The first-order chi connectivity index (χ1) is 10.1. The zero-order valence-electron chi connectivity index (χ0n) is 12.8. The van der Waals surface area contributed by atoms with Gasteiger partial charge in [0.25, 0.3) is 5.91 Å². The zero-order valence-corrected chi connectivity index (χ0v) is 13.6. The van der Waals surface area contributed by atoms with Gasteiger partial charge < -0.3 is 15.8 Å². The molecule has 0 saturated heterocycles. The van der Waals surface area contributed by atoms with E-state index < -0.39 is 0 Å². The third-order valence-corrected chi connectivity index (χ3v) is 3.48. The lowest BCUT2D eigenvalue weighted by molar-refractivity contribution is -0.123. The Labute approximate surface area is 132 Å². The fraction of sp³-hybridized carbons (Fsp3) is 0.562. The molecule has 0 aliphatic rings. The van der Waals surface area contributed by atoms with E-state index in [1.54, 1.807) is 12.1 Å². The van der Waals surface area contributed by atoms with E-state index in [2.05, 4.69) is 12.2 Å². The molecule has 0 aliphatic heterocycles. The smallest absolute Gasteiger partial charge is 0.257 e. The van der Waals surface area contributed by atoms with Crippen molar-refractivity contribution < 1.29 is 9.53 Å². The summed E-state index contributed by atoms with van der Waals surface area (Å²) in [5, 5.41) is 3.47. The van der Waals surface area contributed by atoms with Crippen LogP contribution in [0.4, 0.5) is 0 Å². The number of carbonyl (C=O) groups is 1. The van der Waals surface area contributed by atoms with Crippen LogP contribution in [-0.4, -0.2) is 25.1 Å². The Hall–Kier alpha value is -1.26. The Morgan fingerprint density at radius 2 is 2.19 bits per heavy atom. The van der Waals surface area contributed by atoms with Crippen molar-refractivity contribution in [2.75, 3.05) is 13.2 Å². The third-order valence-electron chi connectivity index (χ3n) is 3.24. The van der Waals surface area contributed by atoms with Crippen LogP contribution in [-0.2, 0) is 11.2 Å². The molecular formula is C16H25ClN2O2. The van der Waals surface area contributed by atoms with Gasteiger partial charge in [-0.1, -0.05) is 31.9 Å². The molecule has 118 valence electrons. The van der Waals surface area contributed by atoms with Gasteiger partial charge in [0, 0.05) is 17.6 Å². The van der Waals surface area contributed by atoms with Crippen LogP contribution in [0.2, 0.25) is 5.02 Å². The molecule has 0 saturated carbocycles. The van der Waals surface area contributed by atoms with Crippen molar-refractivity contribution >= 4 is 17.5 Å². The summed E-state index contributed by atoms with van der Waals surface area (Å²) < 4.78 is 5.60. The summed E-state index contributed by atoms with van der Waals surface area (Å²) in [4.78, 5) is 11.7. The third kappa shape index (κ3) is 6.82. The van der Waals surface area contributed by atoms with E-state index in [0.717, 1.165) is 24.8 Å². The molecule has 0 aliphatic carbocycles. The molecular weight excluding hydrogens is 288 g/mol. The number of nitrogens with two attached hydrogens (primary N) is 1. The van der Waals surface area contributed by atoms with E-state index in [1.807, 2.05) is 13.0 Å². The molecule has 4 nitrogen and oxygen atoms in total. The van der Waals surface area contributed by atoms with Crippen LogP contribution in [0.5, 0.6) is 5.75 Å². The number of hydrogen-bond donors (Lipinski definition) is 2. The lowest BCUT2D eigenvalue weighted by Gasteiger charge is -2.14. The monoisotopic (exact) mass is 312 g/mol. The predicted molar refractivity (Wildman–Crippen MR) is 86.8 cm³/mol. The maximum atomic E-state index is 11.7. The van der Waals surface area contributed by atoms with Gasteiger partial charge in [-0.05, 0) is 43.0 Å². The average molecular weight is 313 g/mol. The summed E-state index contributed by atoms with van der Waals surface area (Å²) >= 11 is 6.02. The molecule has 1 unspecified atom stereocenters. The van der Waals surface area contributed by atoms with E-state index in [1.165, 1.54) is 0 Å². The van der Waals surface area contributed by atoms with Gasteiger partial charge in [-0.2, -0.15) is 0 Å². The van der Waals surface area contributed by atoms with Crippen molar-refractivity contribution in [3.05, 3.63) is 28.8 Å². The Balaban J connectivity index is 2.59. The highest BCUT2D eigenvalue weighted by molar-refractivity contribution is 6.30. The topological polar surface area (TPSA) is 64.3 Å². The highest BCUT2D eigenvalue weighted by Crippen LogP contribution is 2.24. The van der Waals surface area contributed by atoms with Crippen molar-refractivity contribution in [2.45, 2.75) is 45.6 Å². The Morgan fingerprint density at radius 1 is 1.43 bits per heavy atom. The number of nitrogens with one attached hydrogen (secondary N) is 1. The van der Waals surface area contributed by atoms with Crippen molar-refractivity contribution in [3.63, 3.8) is 0 Å². The summed E-state index contributed by atoms with van der Waals surface area (Å²) in [6.45, 7) is 4.82. The Kier molecular flexibility index (Phi) is 8.16. The molecule has 5 heteroatoms. The molecule has 0 heterocycles. The van der Waals surface area contributed by atoms with Crippen molar-refractivity contribution in [3.8, 4) is 5.75 Å². The number of rotatable bonds is 9. The zero-order chi connectivity index (χ0) is 15.7. The Bertz CT molecular complexity index is 452. The standard InChI is InChI=1S/C16H25ClN2O2/c1-3-5-8-19-16(20)11-21-15-7-6-13(17)9-12(15)10-14(18)4-2/h6-7,9,14H,3-5,8,10-11,18H2,1-2H3,(H,19,20). The van der Waals surface area contributed by atoms with Gasteiger partial charge in [0.05, 0.1) is 0 Å². The maximum absolute atomic E-state index is 11.7. The fourth-order valence-corrected chi connectivity index (χ4v) is 2.07. The average Bonchev–Trinajstić information content (AvgIpc) is 2.46. The second kappa shape index (κ2) is 9.64. The second-order valence-corrected chi connectivity index (χ2v) is 5.55. The van der Waals surface area contributed by atoms with E-state index in [-0.39, 0.29) is 18.6 Å². The van der Waals surface area contributed by atoms with Crippen LogP contribution in [0.3, 0.4) is 0 Å². The van der Waals surface area contributed by atoms with Crippen LogP contribution in [0.25, 0.3) is 0 Å². The summed E-state index contributed by atoms with van der Waals surface area (Å²) in [6, 6.07) is 5.46. The van der Waals surface area contributed by atoms with Gasteiger partial charge in [0.2, 0.25) is 0 Å². The first-order valence-corrected chi connectivity index (χ1v) is 7.88. The van der Waals surface area contributed by atoms with Gasteiger partial charge in [-0.25, -0.2) is 0 Å². The molecule has 0 radical (unpaired) electrons. The number of benzene rings is 1. The summed E-state index contributed by atoms with van der Waals surface area (Å²) in [6.07, 6.45) is 3.59. The number of halogens is 1. The number of carbonyl (C=O) groups excluding carboxylic acids is 1. The van der Waals surface area contributed by atoms with Crippen molar-refractivity contribution in [1.82, 2.24) is 5.32 Å². The van der Waals surface area contributed by atoms with E-state index in [9.17, 15) is 4.79 Å². The van der Waals surface area contributed by atoms with Gasteiger partial charge in [0.15, 0.2) is 6.61 Å². The lowest BCUT2D eigenvalue weighted by atomic mass is 10.0. The number of hydrogen-bond acceptors (Lipinski definition) is 3. The van der Waals surface area contributed by atoms with Crippen LogP contribution in [0.1, 0.15) is 38.7 Å². The molecule has 0 aromatic heterocycles. The van der Waals surface area contributed by atoms with Crippen LogP contribution >= 0.6 is 11.6 Å². The van der Waals surface area contributed by atoms with Gasteiger partial charge >= 0.3 is 0 Å². The minimum absolute atomic E-state index is 0.0136. The van der Waals surface area contributed by atoms with Crippen molar-refractivity contribution in [2.24, 2.45) is 5.73 Å². The van der Waals surface area contributed by atoms with E-state index in [0.29, 0.717) is 23.7 Å². The second-order valence-electron chi connectivity index (χ2n) is 5.12. The normalized spacial score (nSPS) is 12.0. The first kappa shape index (κ1) is 17.8. The molecule has 1 amide bonds. The van der Waals surface area contributed by atoms with Gasteiger partial charge in [0.1, 0.15) is 5.75 Å². The number of ether oxygens (including phenoxy) is 1. The molecule has 1 aromatic rings. The Morgan fingerprint density at radius 3 is 2.86 bits per heavy atom. The minimum Gasteiger partial charge on any atom is -0.483 e. The molecule has 3 N–H and O–H groups in total. The summed E-state index contributed by atoms with van der Waals surface area (Å²) in [5.41, 5.74) is 6.93. The first-order valence-electron chi connectivity index (χ1n) is 7.50. The lowest BCUT2D eigenvalue weighted by Crippen LogP contribution is -2.30. The van der Waals surface area contributed by atoms with E-state index >= 15 is 0 Å². The summed E-state index contributed by atoms with van der Waals surface area (Å²) in [5.74, 6) is 0.568.